The van der Waals surface area contributed by atoms with Crippen LogP contribution in [0.4, 0.5) is 10.5 Å². The summed E-state index contributed by atoms with van der Waals surface area (Å²) >= 11 is 0. The number of hydrogen-bond acceptors (Lipinski definition) is 6. The van der Waals surface area contributed by atoms with Crippen LogP contribution >= 0.6 is 0 Å². The van der Waals surface area contributed by atoms with Crippen LogP contribution in [0.2, 0.25) is 0 Å². The summed E-state index contributed by atoms with van der Waals surface area (Å²) in [5, 5.41) is 5.08. The van der Waals surface area contributed by atoms with E-state index in [2.05, 4.69) is 10.6 Å². The van der Waals surface area contributed by atoms with E-state index in [0.717, 1.165) is 5.56 Å². The van der Waals surface area contributed by atoms with E-state index in [-0.39, 0.29) is 26.1 Å². The number of nitrogens with one attached hydrogen (secondary N) is 2. The molecule has 1 atom stereocenters. The van der Waals surface area contributed by atoms with Crippen molar-refractivity contribution in [2.75, 3.05) is 11.9 Å². The van der Waals surface area contributed by atoms with Gasteiger partial charge in [0.1, 0.15) is 12.6 Å². The summed E-state index contributed by atoms with van der Waals surface area (Å²) in [6.07, 6.45) is -0.896. The van der Waals surface area contributed by atoms with Gasteiger partial charge in [-0.2, -0.15) is 0 Å². The fraction of sp³-hybridized carbons (Fsp3) is 0.273. The predicted molar refractivity (Wildman–Crippen MR) is 113 cm³/mol. The highest BCUT2D eigenvalue weighted by atomic mass is 16.5. The molecule has 0 aromatic heterocycles. The van der Waals surface area contributed by atoms with Crippen molar-refractivity contribution in [1.29, 1.82) is 0 Å². The van der Waals surface area contributed by atoms with Crippen LogP contribution in [0.5, 0.6) is 0 Å². The summed E-state index contributed by atoms with van der Waals surface area (Å²) in [7, 11) is 0. The van der Waals surface area contributed by atoms with Gasteiger partial charge < -0.3 is 25.8 Å². The molecule has 0 radical (unpaired) electrons. The minimum atomic E-state index is -1.04. The first-order chi connectivity index (χ1) is 14.9. The van der Waals surface area contributed by atoms with Gasteiger partial charge in [0.25, 0.3) is 0 Å². The molecule has 0 fully saturated rings. The highest BCUT2D eigenvalue weighted by Crippen LogP contribution is 2.12. The number of esters is 1. The fourth-order valence-corrected chi connectivity index (χ4v) is 2.60. The van der Waals surface area contributed by atoms with Gasteiger partial charge in [0.2, 0.25) is 11.8 Å². The van der Waals surface area contributed by atoms with Gasteiger partial charge in [-0.05, 0) is 43.2 Å². The molecule has 3 amide bonds. The number of carbonyl (C=O) groups is 4. The van der Waals surface area contributed by atoms with Gasteiger partial charge in [0.05, 0.1) is 12.2 Å². The van der Waals surface area contributed by atoms with Gasteiger partial charge in [-0.15, -0.1) is 0 Å². The minimum Gasteiger partial charge on any atom is -0.462 e. The highest BCUT2D eigenvalue weighted by Gasteiger charge is 2.22. The second-order valence-electron chi connectivity index (χ2n) is 6.55. The molecule has 9 heteroatoms. The Balaban J connectivity index is 1.97. The maximum atomic E-state index is 12.6. The molecule has 2 aromatic rings. The number of benzene rings is 2. The van der Waals surface area contributed by atoms with E-state index in [9.17, 15) is 19.2 Å². The van der Waals surface area contributed by atoms with Crippen molar-refractivity contribution in [3.8, 4) is 0 Å². The van der Waals surface area contributed by atoms with Crippen LogP contribution in [0, 0.1) is 0 Å². The SMILES string of the molecule is CCOC(=O)c1ccc(NC(=O)[C@H](CCC(N)=O)NC(=O)OCc2ccccc2)cc1. The van der Waals surface area contributed by atoms with E-state index < -0.39 is 29.9 Å². The standard InChI is InChI=1S/C22H25N3O6/c1-2-30-21(28)16-8-10-17(11-9-16)24-20(27)18(12-13-19(23)26)25-22(29)31-14-15-6-4-3-5-7-15/h3-11,18H,2,12-14H2,1H3,(H2,23,26)(H,24,27)(H,25,29)/t18-/m0/s1. The van der Waals surface area contributed by atoms with E-state index in [0.29, 0.717) is 11.3 Å². The monoisotopic (exact) mass is 427 g/mol. The molecule has 9 nitrogen and oxygen atoms in total. The van der Waals surface area contributed by atoms with Gasteiger partial charge in [-0.25, -0.2) is 9.59 Å². The molecule has 0 spiro atoms. The van der Waals surface area contributed by atoms with E-state index in [1.807, 2.05) is 18.2 Å². The third-order valence-electron chi connectivity index (χ3n) is 4.16. The van der Waals surface area contributed by atoms with Crippen molar-refractivity contribution in [3.05, 3.63) is 65.7 Å². The summed E-state index contributed by atoms with van der Waals surface area (Å²) in [6, 6.07) is 14.1. The van der Waals surface area contributed by atoms with Crippen LogP contribution in [-0.2, 0) is 25.7 Å². The van der Waals surface area contributed by atoms with Crippen LogP contribution < -0.4 is 16.4 Å². The van der Waals surface area contributed by atoms with Gasteiger partial charge in [-0.3, -0.25) is 9.59 Å². The van der Waals surface area contributed by atoms with Crippen molar-refractivity contribution in [1.82, 2.24) is 5.32 Å². The molecule has 0 saturated heterocycles. The maximum absolute atomic E-state index is 12.6. The molecule has 31 heavy (non-hydrogen) atoms. The second kappa shape index (κ2) is 12.0. The quantitative estimate of drug-likeness (QED) is 0.498. The Morgan fingerprint density at radius 3 is 2.26 bits per heavy atom. The molecular formula is C22H25N3O6. The highest BCUT2D eigenvalue weighted by molar-refractivity contribution is 5.97. The molecule has 0 heterocycles. The summed E-state index contributed by atoms with van der Waals surface area (Å²) in [5.41, 5.74) is 6.70. The number of alkyl carbamates (subject to hydrolysis) is 1. The summed E-state index contributed by atoms with van der Waals surface area (Å²) in [6.45, 7) is 1.99. The molecule has 2 aromatic carbocycles. The molecule has 0 aliphatic heterocycles. The van der Waals surface area contributed by atoms with Crippen LogP contribution in [0.25, 0.3) is 0 Å². The number of hydrogen-bond donors (Lipinski definition) is 3. The van der Waals surface area contributed by atoms with Crippen molar-refractivity contribution in [2.24, 2.45) is 5.73 Å². The number of carbonyl (C=O) groups excluding carboxylic acids is 4. The number of rotatable bonds is 10. The molecule has 4 N–H and O–H groups in total. The van der Waals surface area contributed by atoms with E-state index in [1.165, 1.54) is 24.3 Å². The Hall–Kier alpha value is -3.88. The molecule has 164 valence electrons. The van der Waals surface area contributed by atoms with Crippen LogP contribution in [0.15, 0.2) is 54.6 Å². The third kappa shape index (κ3) is 8.17. The second-order valence-corrected chi connectivity index (χ2v) is 6.55. The zero-order chi connectivity index (χ0) is 22.6. The van der Waals surface area contributed by atoms with Crippen molar-refractivity contribution in [2.45, 2.75) is 32.4 Å². The van der Waals surface area contributed by atoms with Crippen LogP contribution in [0.3, 0.4) is 0 Å². The molecule has 0 aliphatic rings. The van der Waals surface area contributed by atoms with Gasteiger partial charge in [0, 0.05) is 12.1 Å². The number of anilines is 1. The van der Waals surface area contributed by atoms with Crippen molar-refractivity contribution in [3.63, 3.8) is 0 Å². The Labute approximate surface area is 179 Å². The first kappa shape index (κ1) is 23.4. The smallest absolute Gasteiger partial charge is 0.408 e. The molecule has 0 saturated carbocycles. The average Bonchev–Trinajstić information content (AvgIpc) is 2.76. The Bertz CT molecular complexity index is 899. The number of amides is 3. The average molecular weight is 427 g/mol. The Morgan fingerprint density at radius 1 is 0.968 bits per heavy atom. The lowest BCUT2D eigenvalue weighted by Gasteiger charge is -2.18. The minimum absolute atomic E-state index is 0.00249. The number of primary amides is 1. The zero-order valence-electron chi connectivity index (χ0n) is 17.1. The lowest BCUT2D eigenvalue weighted by atomic mass is 10.1. The largest absolute Gasteiger partial charge is 0.462 e. The summed E-state index contributed by atoms with van der Waals surface area (Å²) < 4.78 is 10.0. The van der Waals surface area contributed by atoms with Gasteiger partial charge >= 0.3 is 12.1 Å². The topological polar surface area (TPSA) is 137 Å². The molecule has 0 bridgehead atoms. The van der Waals surface area contributed by atoms with Crippen molar-refractivity contribution >= 4 is 29.6 Å². The molecule has 0 aliphatic carbocycles. The van der Waals surface area contributed by atoms with Crippen molar-refractivity contribution < 1.29 is 28.7 Å². The molecule has 2 rings (SSSR count). The van der Waals surface area contributed by atoms with E-state index >= 15 is 0 Å². The first-order valence-corrected chi connectivity index (χ1v) is 9.72. The Morgan fingerprint density at radius 2 is 1.65 bits per heavy atom. The number of nitrogens with two attached hydrogens (primary N) is 1. The lowest BCUT2D eigenvalue weighted by Crippen LogP contribution is -2.44. The predicted octanol–water partition coefficient (Wildman–Crippen LogP) is 2.36. The van der Waals surface area contributed by atoms with Gasteiger partial charge in [-0.1, -0.05) is 30.3 Å². The Kier molecular flexibility index (Phi) is 9.03. The maximum Gasteiger partial charge on any atom is 0.408 e. The number of ether oxygens (including phenoxy) is 2. The zero-order valence-corrected chi connectivity index (χ0v) is 17.1. The van der Waals surface area contributed by atoms with Crippen LogP contribution in [0.1, 0.15) is 35.7 Å². The fourth-order valence-electron chi connectivity index (χ4n) is 2.60. The first-order valence-electron chi connectivity index (χ1n) is 9.72. The van der Waals surface area contributed by atoms with Gasteiger partial charge in [0.15, 0.2) is 0 Å². The lowest BCUT2D eigenvalue weighted by molar-refractivity contribution is -0.119. The van der Waals surface area contributed by atoms with E-state index in [4.69, 9.17) is 15.2 Å². The normalized spacial score (nSPS) is 11.1. The summed E-state index contributed by atoms with van der Waals surface area (Å²) in [5.74, 6) is -1.62. The van der Waals surface area contributed by atoms with Crippen LogP contribution in [-0.4, -0.2) is 36.5 Å². The molecular weight excluding hydrogens is 402 g/mol. The summed E-state index contributed by atoms with van der Waals surface area (Å²) in [4.78, 5) is 47.6. The van der Waals surface area contributed by atoms with E-state index in [1.54, 1.807) is 19.1 Å². The third-order valence-corrected chi connectivity index (χ3v) is 4.16. The molecule has 0 unspecified atom stereocenters.